The Balaban J connectivity index is 2.62. The number of benzene rings is 1. The molecule has 9 heteroatoms. The number of ether oxygens (including phenoxy) is 2. The summed E-state index contributed by atoms with van der Waals surface area (Å²) in [5.41, 5.74) is 1.53. The highest BCUT2D eigenvalue weighted by Crippen LogP contribution is 2.09. The number of aryl methyl sites for hydroxylation is 1. The Bertz CT molecular complexity index is 680. The van der Waals surface area contributed by atoms with Gasteiger partial charge in [-0.05, 0) is 19.1 Å². The van der Waals surface area contributed by atoms with Crippen molar-refractivity contribution in [2.24, 2.45) is 0 Å². The monoisotopic (exact) mass is 386 g/mol. The molecular formula is C17H26N2O6S. The van der Waals surface area contributed by atoms with Crippen molar-refractivity contribution in [2.45, 2.75) is 6.92 Å². The number of nitrogens with zero attached hydrogens (tertiary/aromatic N) is 1. The molecule has 0 atom stereocenters. The molecule has 0 aromatic heterocycles. The number of amides is 2. The average molecular weight is 386 g/mol. The van der Waals surface area contributed by atoms with Crippen molar-refractivity contribution in [3.8, 4) is 0 Å². The van der Waals surface area contributed by atoms with Gasteiger partial charge in [0.15, 0.2) is 9.84 Å². The van der Waals surface area contributed by atoms with Gasteiger partial charge in [-0.15, -0.1) is 0 Å². The zero-order chi connectivity index (χ0) is 19.6. The number of anilines is 1. The van der Waals surface area contributed by atoms with Crippen LogP contribution in [0.4, 0.5) is 5.69 Å². The van der Waals surface area contributed by atoms with Crippen molar-refractivity contribution in [2.75, 3.05) is 57.3 Å². The van der Waals surface area contributed by atoms with Crippen molar-refractivity contribution in [1.29, 1.82) is 0 Å². The van der Waals surface area contributed by atoms with E-state index in [-0.39, 0.29) is 26.3 Å². The number of carbonyl (C=O) groups excluding carboxylic acids is 2. The highest BCUT2D eigenvalue weighted by atomic mass is 32.2. The Morgan fingerprint density at radius 2 is 1.54 bits per heavy atom. The van der Waals surface area contributed by atoms with Gasteiger partial charge in [0.05, 0.1) is 13.2 Å². The van der Waals surface area contributed by atoms with Crippen LogP contribution in [0.5, 0.6) is 0 Å². The van der Waals surface area contributed by atoms with E-state index in [2.05, 4.69) is 5.32 Å². The topological polar surface area (TPSA) is 102 Å². The van der Waals surface area contributed by atoms with Crippen molar-refractivity contribution >= 4 is 27.3 Å². The van der Waals surface area contributed by atoms with Crippen LogP contribution in [0.3, 0.4) is 0 Å². The van der Waals surface area contributed by atoms with E-state index < -0.39 is 33.2 Å². The van der Waals surface area contributed by atoms with E-state index in [4.69, 9.17) is 9.47 Å². The first-order chi connectivity index (χ1) is 12.3. The van der Waals surface area contributed by atoms with Crippen LogP contribution in [-0.4, -0.2) is 77.2 Å². The van der Waals surface area contributed by atoms with Crippen LogP contribution in [-0.2, 0) is 28.9 Å². The minimum Gasteiger partial charge on any atom is -0.383 e. The third-order valence-corrected chi connectivity index (χ3v) is 4.90. The number of nitrogens with one attached hydrogen (secondary N) is 1. The molecule has 1 N–H and O–H groups in total. The van der Waals surface area contributed by atoms with E-state index >= 15 is 0 Å². The maximum absolute atomic E-state index is 12.3. The third-order valence-electron chi connectivity index (χ3n) is 3.51. The molecule has 0 aliphatic carbocycles. The molecule has 146 valence electrons. The summed E-state index contributed by atoms with van der Waals surface area (Å²) in [6.45, 7) is 2.97. The van der Waals surface area contributed by atoms with Crippen LogP contribution in [0.15, 0.2) is 24.3 Å². The lowest BCUT2D eigenvalue weighted by atomic mass is 10.2. The first-order valence-electron chi connectivity index (χ1n) is 8.10. The number of hydrogen-bond donors (Lipinski definition) is 1. The van der Waals surface area contributed by atoms with E-state index in [0.717, 1.165) is 5.56 Å². The van der Waals surface area contributed by atoms with Gasteiger partial charge in [0.25, 0.3) is 0 Å². The Hall–Kier alpha value is -1.97. The minimum absolute atomic E-state index is 0.254. The van der Waals surface area contributed by atoms with Crippen LogP contribution >= 0.6 is 0 Å². The minimum atomic E-state index is -3.89. The van der Waals surface area contributed by atoms with E-state index in [0.29, 0.717) is 5.69 Å². The molecule has 0 unspecified atom stereocenters. The highest BCUT2D eigenvalue weighted by molar-refractivity contribution is 7.92. The van der Waals surface area contributed by atoms with E-state index in [9.17, 15) is 18.0 Å². The second-order valence-electron chi connectivity index (χ2n) is 5.81. The quantitative estimate of drug-likeness (QED) is 0.593. The average Bonchev–Trinajstić information content (AvgIpc) is 2.56. The number of methoxy groups -OCH3 is 2. The highest BCUT2D eigenvalue weighted by Gasteiger charge is 2.24. The maximum atomic E-state index is 12.3. The van der Waals surface area contributed by atoms with Crippen molar-refractivity contribution in [3.63, 3.8) is 0 Å². The van der Waals surface area contributed by atoms with Crippen LogP contribution < -0.4 is 5.32 Å². The first-order valence-corrected chi connectivity index (χ1v) is 9.92. The van der Waals surface area contributed by atoms with Crippen molar-refractivity contribution in [1.82, 2.24) is 4.90 Å². The maximum Gasteiger partial charge on any atom is 0.239 e. The molecule has 0 fully saturated rings. The molecule has 0 bridgehead atoms. The number of sulfone groups is 1. The second kappa shape index (κ2) is 10.9. The largest absolute Gasteiger partial charge is 0.383 e. The van der Waals surface area contributed by atoms with Gasteiger partial charge in [0, 0.05) is 33.0 Å². The molecule has 0 radical (unpaired) electrons. The standard InChI is InChI=1S/C17H26N2O6S/c1-14-4-6-15(7-5-14)18-16(20)12-26(22,23)13-17(21)19(8-10-24-2)9-11-25-3/h4-7H,8-13H2,1-3H3,(H,18,20). The van der Waals surface area contributed by atoms with Crippen molar-refractivity contribution in [3.05, 3.63) is 29.8 Å². The summed E-state index contributed by atoms with van der Waals surface area (Å²) in [5, 5.41) is 2.51. The van der Waals surface area contributed by atoms with Gasteiger partial charge < -0.3 is 19.7 Å². The molecule has 0 spiro atoms. The number of hydrogen-bond acceptors (Lipinski definition) is 6. The van der Waals surface area contributed by atoms with Crippen LogP contribution in [0.2, 0.25) is 0 Å². The van der Waals surface area contributed by atoms with Gasteiger partial charge in [-0.25, -0.2) is 8.42 Å². The Morgan fingerprint density at radius 1 is 1.00 bits per heavy atom. The fraction of sp³-hybridized carbons (Fsp3) is 0.529. The molecular weight excluding hydrogens is 360 g/mol. The fourth-order valence-electron chi connectivity index (χ4n) is 2.13. The van der Waals surface area contributed by atoms with Crippen LogP contribution in [0, 0.1) is 6.92 Å². The molecule has 26 heavy (non-hydrogen) atoms. The fourth-order valence-corrected chi connectivity index (χ4v) is 3.26. The molecule has 0 aliphatic heterocycles. The summed E-state index contributed by atoms with van der Waals surface area (Å²) < 4.78 is 34.2. The van der Waals surface area contributed by atoms with E-state index in [1.54, 1.807) is 24.3 Å². The summed E-state index contributed by atoms with van der Waals surface area (Å²) in [7, 11) is -0.906. The molecule has 0 heterocycles. The molecule has 1 aromatic rings. The zero-order valence-electron chi connectivity index (χ0n) is 15.4. The van der Waals surface area contributed by atoms with E-state index in [1.165, 1.54) is 19.1 Å². The summed E-state index contributed by atoms with van der Waals surface area (Å²) in [6.07, 6.45) is 0. The van der Waals surface area contributed by atoms with Gasteiger partial charge in [-0.2, -0.15) is 0 Å². The molecule has 1 aromatic carbocycles. The second-order valence-corrected chi connectivity index (χ2v) is 7.88. The lowest BCUT2D eigenvalue weighted by Crippen LogP contribution is -2.41. The Labute approximate surface area is 154 Å². The molecule has 0 saturated heterocycles. The lowest BCUT2D eigenvalue weighted by Gasteiger charge is -2.22. The van der Waals surface area contributed by atoms with E-state index in [1.807, 2.05) is 6.92 Å². The lowest BCUT2D eigenvalue weighted by molar-refractivity contribution is -0.129. The number of rotatable bonds is 11. The summed E-state index contributed by atoms with van der Waals surface area (Å²) >= 11 is 0. The first kappa shape index (κ1) is 22.1. The van der Waals surface area contributed by atoms with Gasteiger partial charge >= 0.3 is 0 Å². The SMILES string of the molecule is COCCN(CCOC)C(=O)CS(=O)(=O)CC(=O)Nc1ccc(C)cc1. The van der Waals surface area contributed by atoms with Crippen molar-refractivity contribution < 1.29 is 27.5 Å². The molecule has 2 amide bonds. The van der Waals surface area contributed by atoms with Gasteiger partial charge in [-0.3, -0.25) is 9.59 Å². The summed E-state index contributed by atoms with van der Waals surface area (Å²) in [6, 6.07) is 6.97. The van der Waals surface area contributed by atoms with Gasteiger partial charge in [-0.1, -0.05) is 17.7 Å². The predicted octanol–water partition coefficient (Wildman–Crippen LogP) is 0.470. The molecule has 1 rings (SSSR count). The Morgan fingerprint density at radius 3 is 2.04 bits per heavy atom. The zero-order valence-corrected chi connectivity index (χ0v) is 16.2. The molecule has 0 saturated carbocycles. The smallest absolute Gasteiger partial charge is 0.239 e. The van der Waals surface area contributed by atoms with Crippen LogP contribution in [0.25, 0.3) is 0 Å². The predicted molar refractivity (Wildman–Crippen MR) is 98.8 cm³/mol. The third kappa shape index (κ3) is 8.41. The van der Waals surface area contributed by atoms with Gasteiger partial charge in [0.1, 0.15) is 11.5 Å². The van der Waals surface area contributed by atoms with Gasteiger partial charge in [0.2, 0.25) is 11.8 Å². The molecule has 0 aliphatic rings. The van der Waals surface area contributed by atoms with Crippen LogP contribution in [0.1, 0.15) is 5.56 Å². The Kier molecular flexibility index (Phi) is 9.25. The number of carbonyl (C=O) groups is 2. The summed E-state index contributed by atoms with van der Waals surface area (Å²) in [4.78, 5) is 25.6. The normalized spacial score (nSPS) is 11.2. The summed E-state index contributed by atoms with van der Waals surface area (Å²) in [5.74, 6) is -2.75. The molecule has 8 nitrogen and oxygen atoms in total.